The normalized spacial score (nSPS) is 10.6. The van der Waals surface area contributed by atoms with Gasteiger partial charge in [-0.15, -0.1) is 0 Å². The molecule has 2 amide bonds. The minimum absolute atomic E-state index is 0.109. The summed E-state index contributed by atoms with van der Waals surface area (Å²) in [6.45, 7) is 10.2. The highest BCUT2D eigenvalue weighted by molar-refractivity contribution is 6.15. The molecule has 3 aromatic rings. The molecule has 0 aliphatic carbocycles. The first-order chi connectivity index (χ1) is 15.6. The summed E-state index contributed by atoms with van der Waals surface area (Å²) in [5, 5.41) is 0. The summed E-state index contributed by atoms with van der Waals surface area (Å²) in [6, 6.07) is 23.6. The van der Waals surface area contributed by atoms with Crippen molar-refractivity contribution in [2.75, 3.05) is 26.2 Å². The lowest BCUT2D eigenvalue weighted by Gasteiger charge is -2.27. The molecule has 166 valence electrons. The molecule has 0 aliphatic heterocycles. The molecule has 32 heavy (non-hydrogen) atoms. The van der Waals surface area contributed by atoms with Crippen LogP contribution in [0.4, 0.5) is 0 Å². The standard InChI is InChI=1S/C28H32N2O2/c1-5-29(6-2)27(31)25-23(21-15-11-9-12-16-21)19-20-24(22-17-13-10-14-18-22)26(25)28(32)30(7-3)8-4/h9-20H,5-8H2,1-4H3. The van der Waals surface area contributed by atoms with Gasteiger partial charge >= 0.3 is 0 Å². The highest BCUT2D eigenvalue weighted by Crippen LogP contribution is 2.35. The fraction of sp³-hybridized carbons (Fsp3) is 0.286. The second kappa shape index (κ2) is 10.8. The second-order valence-electron chi connectivity index (χ2n) is 7.60. The van der Waals surface area contributed by atoms with Crippen LogP contribution < -0.4 is 0 Å². The quantitative estimate of drug-likeness (QED) is 0.442. The summed E-state index contributed by atoms with van der Waals surface area (Å²) < 4.78 is 0. The van der Waals surface area contributed by atoms with Crippen LogP contribution in [-0.2, 0) is 0 Å². The van der Waals surface area contributed by atoms with E-state index in [2.05, 4.69) is 0 Å². The van der Waals surface area contributed by atoms with Crippen molar-refractivity contribution < 1.29 is 9.59 Å². The third-order valence-electron chi connectivity index (χ3n) is 5.90. The van der Waals surface area contributed by atoms with E-state index in [1.165, 1.54) is 0 Å². The van der Waals surface area contributed by atoms with E-state index in [1.54, 1.807) is 9.80 Å². The van der Waals surface area contributed by atoms with Crippen molar-refractivity contribution in [1.29, 1.82) is 0 Å². The summed E-state index contributed by atoms with van der Waals surface area (Å²) >= 11 is 0. The number of rotatable bonds is 8. The van der Waals surface area contributed by atoms with Crippen molar-refractivity contribution in [3.63, 3.8) is 0 Å². The molecule has 0 aliphatic rings. The van der Waals surface area contributed by atoms with Gasteiger partial charge < -0.3 is 9.80 Å². The summed E-state index contributed by atoms with van der Waals surface area (Å²) in [7, 11) is 0. The molecule has 0 saturated carbocycles. The molecular weight excluding hydrogens is 396 g/mol. The van der Waals surface area contributed by atoms with Crippen LogP contribution in [0.1, 0.15) is 48.4 Å². The highest BCUT2D eigenvalue weighted by atomic mass is 16.2. The molecule has 0 atom stereocenters. The molecule has 0 spiro atoms. The largest absolute Gasteiger partial charge is 0.339 e. The predicted molar refractivity (Wildman–Crippen MR) is 132 cm³/mol. The fourth-order valence-electron chi connectivity index (χ4n) is 4.10. The number of carbonyl (C=O) groups is 2. The number of amides is 2. The van der Waals surface area contributed by atoms with Gasteiger partial charge in [0.15, 0.2) is 0 Å². The summed E-state index contributed by atoms with van der Waals surface area (Å²) in [6.07, 6.45) is 0. The molecule has 3 rings (SSSR count). The smallest absolute Gasteiger partial charge is 0.255 e. The zero-order chi connectivity index (χ0) is 23.1. The van der Waals surface area contributed by atoms with E-state index in [4.69, 9.17) is 0 Å². The number of benzene rings is 3. The number of hydrogen-bond acceptors (Lipinski definition) is 2. The van der Waals surface area contributed by atoms with Crippen LogP contribution in [0.3, 0.4) is 0 Å². The van der Waals surface area contributed by atoms with E-state index < -0.39 is 0 Å². The predicted octanol–water partition coefficient (Wildman–Crippen LogP) is 5.98. The maximum Gasteiger partial charge on any atom is 0.255 e. The topological polar surface area (TPSA) is 40.6 Å². The highest BCUT2D eigenvalue weighted by Gasteiger charge is 2.29. The van der Waals surface area contributed by atoms with Gasteiger partial charge in [-0.05, 0) is 49.9 Å². The van der Waals surface area contributed by atoms with Gasteiger partial charge in [0.1, 0.15) is 0 Å². The Morgan fingerprint density at radius 1 is 0.531 bits per heavy atom. The molecule has 0 fully saturated rings. The lowest BCUT2D eigenvalue weighted by atomic mass is 9.87. The number of carbonyl (C=O) groups excluding carboxylic acids is 2. The average Bonchev–Trinajstić information content (AvgIpc) is 2.85. The van der Waals surface area contributed by atoms with E-state index in [-0.39, 0.29) is 11.8 Å². The van der Waals surface area contributed by atoms with Gasteiger partial charge in [-0.1, -0.05) is 72.8 Å². The Morgan fingerprint density at radius 2 is 0.844 bits per heavy atom. The van der Waals surface area contributed by atoms with Crippen LogP contribution in [0.5, 0.6) is 0 Å². The Balaban J connectivity index is 2.41. The Bertz CT molecular complexity index is 967. The maximum atomic E-state index is 13.9. The molecule has 0 bridgehead atoms. The Hall–Kier alpha value is -3.40. The molecule has 0 saturated heterocycles. The number of hydrogen-bond donors (Lipinski definition) is 0. The lowest BCUT2D eigenvalue weighted by molar-refractivity contribution is 0.0735. The van der Waals surface area contributed by atoms with Gasteiger partial charge in [0, 0.05) is 26.2 Å². The Kier molecular flexibility index (Phi) is 7.82. The van der Waals surface area contributed by atoms with Gasteiger partial charge in [-0.3, -0.25) is 9.59 Å². The zero-order valence-corrected chi connectivity index (χ0v) is 19.5. The molecule has 0 unspecified atom stereocenters. The van der Waals surface area contributed by atoms with Crippen LogP contribution >= 0.6 is 0 Å². The van der Waals surface area contributed by atoms with Gasteiger partial charge in [-0.2, -0.15) is 0 Å². The number of nitrogens with zero attached hydrogens (tertiary/aromatic N) is 2. The first-order valence-corrected chi connectivity index (χ1v) is 11.4. The Labute approximate surface area is 191 Å². The molecule has 0 N–H and O–H groups in total. The zero-order valence-electron chi connectivity index (χ0n) is 19.5. The minimum atomic E-state index is -0.109. The van der Waals surface area contributed by atoms with Crippen molar-refractivity contribution in [2.45, 2.75) is 27.7 Å². The van der Waals surface area contributed by atoms with E-state index in [1.807, 2.05) is 100 Å². The summed E-state index contributed by atoms with van der Waals surface area (Å²) in [5.74, 6) is -0.218. The molecule has 4 heteroatoms. The summed E-state index contributed by atoms with van der Waals surface area (Å²) in [4.78, 5) is 31.3. The van der Waals surface area contributed by atoms with Crippen molar-refractivity contribution >= 4 is 11.8 Å². The van der Waals surface area contributed by atoms with Crippen molar-refractivity contribution in [2.24, 2.45) is 0 Å². The Morgan fingerprint density at radius 3 is 1.12 bits per heavy atom. The van der Waals surface area contributed by atoms with Crippen molar-refractivity contribution in [3.8, 4) is 22.3 Å². The first-order valence-electron chi connectivity index (χ1n) is 11.4. The molecular formula is C28H32N2O2. The van der Waals surface area contributed by atoms with Crippen LogP contribution in [0.2, 0.25) is 0 Å². The second-order valence-corrected chi connectivity index (χ2v) is 7.60. The monoisotopic (exact) mass is 428 g/mol. The van der Waals surface area contributed by atoms with Gasteiger partial charge in [0.25, 0.3) is 11.8 Å². The third kappa shape index (κ3) is 4.59. The van der Waals surface area contributed by atoms with Crippen LogP contribution in [0, 0.1) is 0 Å². The molecule has 0 radical (unpaired) electrons. The molecule has 3 aromatic carbocycles. The van der Waals surface area contributed by atoms with Crippen LogP contribution in [-0.4, -0.2) is 47.8 Å². The summed E-state index contributed by atoms with van der Waals surface area (Å²) in [5.41, 5.74) is 4.40. The third-order valence-corrected chi connectivity index (χ3v) is 5.90. The van der Waals surface area contributed by atoms with Crippen molar-refractivity contribution in [3.05, 3.63) is 83.9 Å². The molecule has 4 nitrogen and oxygen atoms in total. The van der Waals surface area contributed by atoms with Crippen LogP contribution in [0.25, 0.3) is 22.3 Å². The minimum Gasteiger partial charge on any atom is -0.339 e. The van der Waals surface area contributed by atoms with Crippen LogP contribution in [0.15, 0.2) is 72.8 Å². The van der Waals surface area contributed by atoms with Gasteiger partial charge in [-0.25, -0.2) is 0 Å². The first kappa shape index (κ1) is 23.3. The molecule has 0 heterocycles. The SMILES string of the molecule is CCN(CC)C(=O)c1c(-c2ccccc2)ccc(-c2ccccc2)c1C(=O)N(CC)CC. The van der Waals surface area contributed by atoms with Gasteiger partial charge in [0.2, 0.25) is 0 Å². The van der Waals surface area contributed by atoms with Gasteiger partial charge in [0.05, 0.1) is 11.1 Å². The van der Waals surface area contributed by atoms with E-state index in [0.29, 0.717) is 37.3 Å². The average molecular weight is 429 g/mol. The maximum absolute atomic E-state index is 13.9. The van der Waals surface area contributed by atoms with E-state index >= 15 is 0 Å². The van der Waals surface area contributed by atoms with Crippen molar-refractivity contribution in [1.82, 2.24) is 9.80 Å². The fourth-order valence-corrected chi connectivity index (χ4v) is 4.10. The lowest BCUT2D eigenvalue weighted by Crippen LogP contribution is -2.36. The van der Waals surface area contributed by atoms with E-state index in [0.717, 1.165) is 22.3 Å². The molecule has 0 aromatic heterocycles. The van der Waals surface area contributed by atoms with E-state index in [9.17, 15) is 9.59 Å².